The highest BCUT2D eigenvalue weighted by Gasteiger charge is 2.42. The molecule has 0 amide bonds. The number of alkyl halides is 6. The molecule has 102 valence electrons. The maximum Gasteiger partial charge on any atom is 0.574 e. The van der Waals surface area contributed by atoms with E-state index >= 15 is 0 Å². The molecule has 0 aliphatic heterocycles. The van der Waals surface area contributed by atoms with Crippen molar-refractivity contribution >= 4 is 22.6 Å². The predicted octanol–water partition coefficient (Wildman–Crippen LogP) is 3.61. The number of rotatable bonds is 2. The van der Waals surface area contributed by atoms with E-state index in [2.05, 4.69) is 14.5 Å². The SMILES string of the molecule is COc1cc(I)c(C(F)(F)F)c(OC(F)(F)F)n1. The minimum absolute atomic E-state index is 0.411. The highest BCUT2D eigenvalue weighted by atomic mass is 127. The van der Waals surface area contributed by atoms with Gasteiger partial charge in [-0.15, -0.1) is 13.2 Å². The fourth-order valence-corrected chi connectivity index (χ4v) is 1.82. The van der Waals surface area contributed by atoms with Crippen LogP contribution in [-0.4, -0.2) is 18.5 Å². The normalized spacial score (nSPS) is 12.4. The molecule has 0 aliphatic rings. The lowest BCUT2D eigenvalue weighted by Crippen LogP contribution is -2.22. The standard InChI is InChI=1S/C8H4F6INO2/c1-17-4-2-3(15)5(7(9,10)11)6(16-4)18-8(12,13)14/h2H,1H3. The summed E-state index contributed by atoms with van der Waals surface area (Å²) in [5.74, 6) is -2.00. The quantitative estimate of drug-likeness (QED) is 0.574. The summed E-state index contributed by atoms with van der Waals surface area (Å²) >= 11 is 1.22. The molecule has 0 atom stereocenters. The fraction of sp³-hybridized carbons (Fsp3) is 0.375. The molecule has 1 aromatic rings. The molecule has 0 unspecified atom stereocenters. The van der Waals surface area contributed by atoms with Crippen LogP contribution in [-0.2, 0) is 6.18 Å². The molecule has 0 saturated heterocycles. The van der Waals surface area contributed by atoms with E-state index in [9.17, 15) is 26.3 Å². The van der Waals surface area contributed by atoms with Gasteiger partial charge in [-0.2, -0.15) is 18.2 Å². The van der Waals surface area contributed by atoms with Gasteiger partial charge in [0.2, 0.25) is 11.8 Å². The van der Waals surface area contributed by atoms with Gasteiger partial charge in [0, 0.05) is 9.64 Å². The minimum atomic E-state index is -5.28. The Kier molecular flexibility index (Phi) is 4.18. The molecule has 0 saturated carbocycles. The first-order valence-corrected chi connectivity index (χ1v) is 5.20. The number of hydrogen-bond donors (Lipinski definition) is 0. The molecule has 1 aromatic heterocycles. The van der Waals surface area contributed by atoms with Crippen molar-refractivity contribution in [1.82, 2.24) is 4.98 Å². The summed E-state index contributed by atoms with van der Waals surface area (Å²) in [6, 6.07) is 0.854. The van der Waals surface area contributed by atoms with E-state index in [1.54, 1.807) is 0 Å². The number of ether oxygens (including phenoxy) is 2. The lowest BCUT2D eigenvalue weighted by atomic mass is 10.2. The average Bonchev–Trinajstić information content (AvgIpc) is 2.11. The fourth-order valence-electron chi connectivity index (χ4n) is 1.02. The largest absolute Gasteiger partial charge is 0.574 e. The van der Waals surface area contributed by atoms with Crippen LogP contribution in [0.25, 0.3) is 0 Å². The molecule has 10 heteroatoms. The summed E-state index contributed by atoms with van der Waals surface area (Å²) in [4.78, 5) is 3.01. The first-order valence-electron chi connectivity index (χ1n) is 4.12. The highest BCUT2D eigenvalue weighted by Crippen LogP contribution is 2.41. The second kappa shape index (κ2) is 4.97. The van der Waals surface area contributed by atoms with Gasteiger partial charge < -0.3 is 9.47 Å². The molecule has 1 rings (SSSR count). The van der Waals surface area contributed by atoms with Crippen molar-refractivity contribution in [2.75, 3.05) is 7.11 Å². The third kappa shape index (κ3) is 3.78. The van der Waals surface area contributed by atoms with Gasteiger partial charge >= 0.3 is 12.5 Å². The third-order valence-electron chi connectivity index (χ3n) is 1.62. The van der Waals surface area contributed by atoms with Gasteiger partial charge in [-0.3, -0.25) is 0 Å². The van der Waals surface area contributed by atoms with Crippen LogP contribution in [0, 0.1) is 3.57 Å². The monoisotopic (exact) mass is 387 g/mol. The van der Waals surface area contributed by atoms with Gasteiger partial charge in [0.25, 0.3) is 0 Å². The molecule has 18 heavy (non-hydrogen) atoms. The summed E-state index contributed by atoms with van der Waals surface area (Å²) in [5, 5.41) is 0. The lowest BCUT2D eigenvalue weighted by Gasteiger charge is -2.16. The molecule has 1 heterocycles. The summed E-state index contributed by atoms with van der Waals surface area (Å²) in [6.07, 6.45) is -10.3. The average molecular weight is 387 g/mol. The van der Waals surface area contributed by atoms with Crippen LogP contribution in [0.4, 0.5) is 26.3 Å². The topological polar surface area (TPSA) is 31.4 Å². The Hall–Kier alpha value is -0.940. The Morgan fingerprint density at radius 3 is 2.11 bits per heavy atom. The summed E-state index contributed by atoms with van der Waals surface area (Å²) < 4.78 is 81.0. The number of hydrogen-bond acceptors (Lipinski definition) is 3. The van der Waals surface area contributed by atoms with Crippen LogP contribution in [0.3, 0.4) is 0 Å². The van der Waals surface area contributed by atoms with Crippen molar-refractivity contribution < 1.29 is 35.8 Å². The Labute approximate surface area is 110 Å². The zero-order valence-corrected chi connectivity index (χ0v) is 10.6. The molecule has 0 fully saturated rings. The van der Waals surface area contributed by atoms with E-state index in [0.29, 0.717) is 0 Å². The van der Waals surface area contributed by atoms with Gasteiger partial charge in [0.1, 0.15) is 5.56 Å². The Bertz CT molecular complexity index is 444. The molecule has 3 nitrogen and oxygen atoms in total. The van der Waals surface area contributed by atoms with Gasteiger partial charge in [-0.1, -0.05) is 0 Å². The maximum atomic E-state index is 12.6. The van der Waals surface area contributed by atoms with E-state index in [4.69, 9.17) is 0 Å². The molecule has 0 N–H and O–H groups in total. The smallest absolute Gasteiger partial charge is 0.481 e. The minimum Gasteiger partial charge on any atom is -0.481 e. The van der Waals surface area contributed by atoms with Crippen LogP contribution >= 0.6 is 22.6 Å². The molecule has 0 radical (unpaired) electrons. The third-order valence-corrected chi connectivity index (χ3v) is 2.47. The summed E-state index contributed by atoms with van der Waals surface area (Å²) in [5.41, 5.74) is -1.60. The second-order valence-electron chi connectivity index (χ2n) is 2.87. The van der Waals surface area contributed by atoms with Crippen LogP contribution < -0.4 is 9.47 Å². The second-order valence-corrected chi connectivity index (χ2v) is 4.03. The van der Waals surface area contributed by atoms with Crippen molar-refractivity contribution in [1.29, 1.82) is 0 Å². The van der Waals surface area contributed by atoms with E-state index in [1.807, 2.05) is 0 Å². The molecule has 0 bridgehead atoms. The number of pyridine rings is 1. The number of aromatic nitrogens is 1. The van der Waals surface area contributed by atoms with Crippen LogP contribution in [0.5, 0.6) is 11.8 Å². The van der Waals surface area contributed by atoms with E-state index in [1.165, 1.54) is 22.6 Å². The molecule has 0 spiro atoms. The number of methoxy groups -OCH3 is 1. The zero-order chi connectivity index (χ0) is 14.1. The van der Waals surface area contributed by atoms with Crippen molar-refractivity contribution in [3.8, 4) is 11.8 Å². The zero-order valence-electron chi connectivity index (χ0n) is 8.49. The Morgan fingerprint density at radius 2 is 1.72 bits per heavy atom. The molecular formula is C8H4F6INO2. The van der Waals surface area contributed by atoms with Crippen LogP contribution in [0.15, 0.2) is 6.07 Å². The van der Waals surface area contributed by atoms with Gasteiger partial charge in [0.05, 0.1) is 7.11 Å². The van der Waals surface area contributed by atoms with Crippen molar-refractivity contribution in [3.05, 3.63) is 15.2 Å². The Morgan fingerprint density at radius 1 is 1.17 bits per heavy atom. The van der Waals surface area contributed by atoms with E-state index in [-0.39, 0.29) is 0 Å². The van der Waals surface area contributed by atoms with Crippen LogP contribution in [0.1, 0.15) is 5.56 Å². The van der Waals surface area contributed by atoms with E-state index in [0.717, 1.165) is 13.2 Å². The van der Waals surface area contributed by atoms with E-state index < -0.39 is 33.4 Å². The number of halogens is 7. The van der Waals surface area contributed by atoms with Crippen LogP contribution in [0.2, 0.25) is 0 Å². The first kappa shape index (κ1) is 15.1. The van der Waals surface area contributed by atoms with Gasteiger partial charge in [0.15, 0.2) is 0 Å². The molecule has 0 aliphatic carbocycles. The Balaban J connectivity index is 3.39. The highest BCUT2D eigenvalue weighted by molar-refractivity contribution is 14.1. The maximum absolute atomic E-state index is 12.6. The first-order chi connectivity index (χ1) is 8.04. The lowest BCUT2D eigenvalue weighted by molar-refractivity contribution is -0.278. The number of nitrogens with zero attached hydrogens (tertiary/aromatic N) is 1. The van der Waals surface area contributed by atoms with Crippen molar-refractivity contribution in [2.45, 2.75) is 12.5 Å². The summed E-state index contributed by atoms with van der Waals surface area (Å²) in [6.45, 7) is 0. The van der Waals surface area contributed by atoms with Gasteiger partial charge in [-0.25, -0.2) is 0 Å². The van der Waals surface area contributed by atoms with Gasteiger partial charge in [-0.05, 0) is 22.6 Å². The van der Waals surface area contributed by atoms with Crippen molar-refractivity contribution in [3.63, 3.8) is 0 Å². The molecular weight excluding hydrogens is 383 g/mol. The predicted molar refractivity (Wildman–Crippen MR) is 55.2 cm³/mol. The molecule has 0 aromatic carbocycles. The van der Waals surface area contributed by atoms with Crippen molar-refractivity contribution in [2.24, 2.45) is 0 Å². The summed E-state index contributed by atoms with van der Waals surface area (Å²) in [7, 11) is 1.06.